The molecule has 0 bridgehead atoms. The molecule has 5 nitrogen and oxygen atoms in total. The maximum absolute atomic E-state index is 12.3. The van der Waals surface area contributed by atoms with E-state index < -0.39 is 5.97 Å². The topological polar surface area (TPSA) is 61.8 Å². The molecule has 3 aromatic rings. The highest BCUT2D eigenvalue weighted by molar-refractivity contribution is 6.06. The normalized spacial score (nSPS) is 12.2. The van der Waals surface area contributed by atoms with E-state index in [0.717, 1.165) is 11.1 Å². The van der Waals surface area contributed by atoms with Gasteiger partial charge in [-0.15, -0.1) is 0 Å². The third-order valence-electron chi connectivity index (χ3n) is 4.46. The van der Waals surface area contributed by atoms with Gasteiger partial charge >= 0.3 is 5.97 Å². The van der Waals surface area contributed by atoms with Gasteiger partial charge in [0.15, 0.2) is 17.3 Å². The summed E-state index contributed by atoms with van der Waals surface area (Å²) in [6.07, 6.45) is 3.25. The van der Waals surface area contributed by atoms with Crippen molar-refractivity contribution in [3.8, 4) is 17.2 Å². The summed E-state index contributed by atoms with van der Waals surface area (Å²) in [6, 6.07) is 19.3. The SMILES string of the molecule is Cc1ccc(C(=O)C=Cc2ccc(OC(=O)c3ccc4c(c3)OCO4)cc2)cc1. The van der Waals surface area contributed by atoms with Gasteiger partial charge in [0.25, 0.3) is 0 Å². The van der Waals surface area contributed by atoms with E-state index >= 15 is 0 Å². The Morgan fingerprint density at radius 2 is 1.55 bits per heavy atom. The van der Waals surface area contributed by atoms with Gasteiger partial charge in [-0.1, -0.05) is 48.0 Å². The molecule has 0 atom stereocenters. The van der Waals surface area contributed by atoms with E-state index in [2.05, 4.69) is 0 Å². The summed E-state index contributed by atoms with van der Waals surface area (Å²) in [5, 5.41) is 0. The van der Waals surface area contributed by atoms with Gasteiger partial charge in [0.1, 0.15) is 5.75 Å². The van der Waals surface area contributed by atoms with Crippen LogP contribution in [0.4, 0.5) is 0 Å². The van der Waals surface area contributed by atoms with Crippen LogP contribution in [0, 0.1) is 6.92 Å². The maximum atomic E-state index is 12.3. The van der Waals surface area contributed by atoms with E-state index in [9.17, 15) is 9.59 Å². The molecule has 0 saturated heterocycles. The van der Waals surface area contributed by atoms with Crippen molar-refractivity contribution in [1.82, 2.24) is 0 Å². The molecule has 0 spiro atoms. The summed E-state index contributed by atoms with van der Waals surface area (Å²) in [5.41, 5.74) is 2.95. The predicted octanol–water partition coefficient (Wildman–Crippen LogP) is 4.84. The van der Waals surface area contributed by atoms with Crippen LogP contribution < -0.4 is 14.2 Å². The average molecular weight is 386 g/mol. The average Bonchev–Trinajstić information content (AvgIpc) is 3.21. The number of benzene rings is 3. The first-order chi connectivity index (χ1) is 14.1. The molecule has 1 aliphatic heterocycles. The largest absolute Gasteiger partial charge is 0.454 e. The van der Waals surface area contributed by atoms with E-state index in [1.165, 1.54) is 6.08 Å². The lowest BCUT2D eigenvalue weighted by Gasteiger charge is -2.05. The molecule has 1 aliphatic rings. The van der Waals surface area contributed by atoms with Crippen molar-refractivity contribution in [3.63, 3.8) is 0 Å². The van der Waals surface area contributed by atoms with Gasteiger partial charge in [0, 0.05) is 5.56 Å². The molecule has 144 valence electrons. The van der Waals surface area contributed by atoms with Crippen LogP contribution in [-0.4, -0.2) is 18.5 Å². The van der Waals surface area contributed by atoms with Crippen molar-refractivity contribution < 1.29 is 23.8 Å². The number of hydrogen-bond donors (Lipinski definition) is 0. The Kier molecular flexibility index (Phi) is 5.12. The Labute approximate surface area is 168 Å². The van der Waals surface area contributed by atoms with Crippen LogP contribution in [0.25, 0.3) is 6.08 Å². The second-order valence-electron chi connectivity index (χ2n) is 6.59. The molecule has 0 N–H and O–H groups in total. The summed E-state index contributed by atoms with van der Waals surface area (Å²) < 4.78 is 15.9. The van der Waals surface area contributed by atoms with Crippen molar-refractivity contribution in [2.45, 2.75) is 6.92 Å². The monoisotopic (exact) mass is 386 g/mol. The molecular weight excluding hydrogens is 368 g/mol. The molecule has 0 radical (unpaired) electrons. The zero-order chi connectivity index (χ0) is 20.2. The molecule has 29 heavy (non-hydrogen) atoms. The van der Waals surface area contributed by atoms with Crippen molar-refractivity contribution in [1.29, 1.82) is 0 Å². The molecule has 0 amide bonds. The first kappa shape index (κ1) is 18.5. The number of aryl methyl sites for hydroxylation is 1. The van der Waals surface area contributed by atoms with Crippen LogP contribution in [0.1, 0.15) is 31.8 Å². The lowest BCUT2D eigenvalue weighted by Crippen LogP contribution is -2.08. The van der Waals surface area contributed by atoms with E-state index in [1.807, 2.05) is 19.1 Å². The Bertz CT molecular complexity index is 1080. The van der Waals surface area contributed by atoms with Crippen LogP contribution >= 0.6 is 0 Å². The predicted molar refractivity (Wildman–Crippen MR) is 109 cm³/mol. The molecule has 0 aromatic heterocycles. The molecule has 1 heterocycles. The number of esters is 1. The van der Waals surface area contributed by atoms with Crippen molar-refractivity contribution in [2.24, 2.45) is 0 Å². The van der Waals surface area contributed by atoms with E-state index in [4.69, 9.17) is 14.2 Å². The molecule has 3 aromatic carbocycles. The lowest BCUT2D eigenvalue weighted by atomic mass is 10.1. The van der Waals surface area contributed by atoms with Gasteiger partial charge in [-0.05, 0) is 48.9 Å². The first-order valence-corrected chi connectivity index (χ1v) is 9.09. The van der Waals surface area contributed by atoms with E-state index in [1.54, 1.807) is 60.7 Å². The van der Waals surface area contributed by atoms with Crippen molar-refractivity contribution >= 4 is 17.8 Å². The Morgan fingerprint density at radius 1 is 0.862 bits per heavy atom. The fraction of sp³-hybridized carbons (Fsp3) is 0.0833. The molecule has 5 heteroatoms. The van der Waals surface area contributed by atoms with Gasteiger partial charge in [0.05, 0.1) is 5.56 Å². The lowest BCUT2D eigenvalue weighted by molar-refractivity contribution is 0.0734. The number of ketones is 1. The van der Waals surface area contributed by atoms with Gasteiger partial charge in [-0.2, -0.15) is 0 Å². The molecule has 0 fully saturated rings. The minimum Gasteiger partial charge on any atom is -0.454 e. The third kappa shape index (κ3) is 4.35. The highest BCUT2D eigenvalue weighted by atomic mass is 16.7. The zero-order valence-electron chi connectivity index (χ0n) is 15.8. The van der Waals surface area contributed by atoms with Crippen molar-refractivity contribution in [3.05, 3.63) is 95.1 Å². The van der Waals surface area contributed by atoms with Gasteiger partial charge in [0.2, 0.25) is 6.79 Å². The Hall–Kier alpha value is -3.86. The summed E-state index contributed by atoms with van der Waals surface area (Å²) in [5.74, 6) is 0.996. The molecule has 4 rings (SSSR count). The van der Waals surface area contributed by atoms with Gasteiger partial charge < -0.3 is 14.2 Å². The number of allylic oxidation sites excluding steroid dienone is 1. The Balaban J connectivity index is 1.39. The number of fused-ring (bicyclic) bond motifs is 1. The fourth-order valence-electron chi connectivity index (χ4n) is 2.82. The quantitative estimate of drug-likeness (QED) is 0.272. The van der Waals surface area contributed by atoms with Gasteiger partial charge in [-0.25, -0.2) is 4.79 Å². The molecular formula is C24H18O5. The second-order valence-corrected chi connectivity index (χ2v) is 6.59. The number of carbonyl (C=O) groups excluding carboxylic acids is 2. The Morgan fingerprint density at radius 3 is 2.31 bits per heavy atom. The summed E-state index contributed by atoms with van der Waals surface area (Å²) in [4.78, 5) is 24.5. The zero-order valence-corrected chi connectivity index (χ0v) is 15.8. The highest BCUT2D eigenvalue weighted by Gasteiger charge is 2.17. The number of carbonyl (C=O) groups is 2. The summed E-state index contributed by atoms with van der Waals surface area (Å²) in [6.45, 7) is 2.13. The maximum Gasteiger partial charge on any atom is 0.343 e. The fourth-order valence-corrected chi connectivity index (χ4v) is 2.82. The number of hydrogen-bond acceptors (Lipinski definition) is 5. The van der Waals surface area contributed by atoms with Crippen LogP contribution in [0.5, 0.6) is 17.2 Å². The number of ether oxygens (including phenoxy) is 3. The number of rotatable bonds is 5. The standard InChI is InChI=1S/C24H18O5/c1-16-2-7-18(8-3-16)21(25)12-6-17-4-10-20(11-5-17)29-24(26)19-9-13-22-23(14-19)28-15-27-22/h2-14H,15H2,1H3. The highest BCUT2D eigenvalue weighted by Crippen LogP contribution is 2.32. The van der Waals surface area contributed by atoms with Crippen LogP contribution in [0.2, 0.25) is 0 Å². The second kappa shape index (κ2) is 8.02. The minimum absolute atomic E-state index is 0.0664. The first-order valence-electron chi connectivity index (χ1n) is 9.09. The van der Waals surface area contributed by atoms with Gasteiger partial charge in [-0.3, -0.25) is 4.79 Å². The van der Waals surface area contributed by atoms with Crippen molar-refractivity contribution in [2.75, 3.05) is 6.79 Å². The molecule has 0 unspecified atom stereocenters. The van der Waals surface area contributed by atoms with E-state index in [-0.39, 0.29) is 12.6 Å². The minimum atomic E-state index is -0.485. The smallest absolute Gasteiger partial charge is 0.343 e. The summed E-state index contributed by atoms with van der Waals surface area (Å²) >= 11 is 0. The summed E-state index contributed by atoms with van der Waals surface area (Å²) in [7, 11) is 0. The molecule has 0 aliphatic carbocycles. The third-order valence-corrected chi connectivity index (χ3v) is 4.46. The van der Waals surface area contributed by atoms with Crippen LogP contribution in [-0.2, 0) is 0 Å². The van der Waals surface area contributed by atoms with Crippen LogP contribution in [0.3, 0.4) is 0 Å². The van der Waals surface area contributed by atoms with E-state index in [0.29, 0.717) is 28.4 Å². The molecule has 0 saturated carbocycles. The van der Waals surface area contributed by atoms with Crippen LogP contribution in [0.15, 0.2) is 72.8 Å².